The van der Waals surface area contributed by atoms with E-state index in [1.165, 1.54) is 18.4 Å². The van der Waals surface area contributed by atoms with Crippen LogP contribution in [0.3, 0.4) is 0 Å². The number of nitro benzene ring substituents is 1. The standard InChI is InChI=1S/C18H21N3O5/c1-18(2,3)14-7-6-12(9-15(14)21(24)25)17(23)20-11-16(22)19-10-13-5-4-8-26-13/h4-9H,10-11H2,1-3H3,(H,19,22)(H,20,23). The first-order valence-corrected chi connectivity index (χ1v) is 8.04. The average molecular weight is 359 g/mol. The lowest BCUT2D eigenvalue weighted by Crippen LogP contribution is -2.36. The van der Waals surface area contributed by atoms with Crippen LogP contribution in [0.2, 0.25) is 0 Å². The number of nitro groups is 1. The number of carbonyl (C=O) groups is 2. The molecule has 0 radical (unpaired) electrons. The van der Waals surface area contributed by atoms with Gasteiger partial charge in [-0.1, -0.05) is 26.8 Å². The average Bonchev–Trinajstić information content (AvgIpc) is 3.10. The van der Waals surface area contributed by atoms with E-state index in [1.807, 2.05) is 20.8 Å². The highest BCUT2D eigenvalue weighted by molar-refractivity contribution is 5.97. The van der Waals surface area contributed by atoms with Gasteiger partial charge in [-0.15, -0.1) is 0 Å². The number of nitrogens with one attached hydrogen (secondary N) is 2. The zero-order chi connectivity index (χ0) is 19.3. The Kier molecular flexibility index (Phi) is 5.76. The normalized spacial score (nSPS) is 11.0. The van der Waals surface area contributed by atoms with Gasteiger partial charge in [0.1, 0.15) is 5.76 Å². The van der Waals surface area contributed by atoms with Crippen LogP contribution in [0.1, 0.15) is 42.5 Å². The summed E-state index contributed by atoms with van der Waals surface area (Å²) in [4.78, 5) is 34.7. The third kappa shape index (κ3) is 4.92. The number of furan rings is 1. The van der Waals surface area contributed by atoms with E-state index < -0.39 is 22.2 Å². The van der Waals surface area contributed by atoms with Gasteiger partial charge in [0.25, 0.3) is 11.6 Å². The van der Waals surface area contributed by atoms with Gasteiger partial charge in [0, 0.05) is 17.2 Å². The Bertz CT molecular complexity index is 807. The molecule has 8 nitrogen and oxygen atoms in total. The summed E-state index contributed by atoms with van der Waals surface area (Å²) >= 11 is 0. The summed E-state index contributed by atoms with van der Waals surface area (Å²) in [6, 6.07) is 7.75. The molecule has 138 valence electrons. The van der Waals surface area contributed by atoms with Crippen molar-refractivity contribution in [1.82, 2.24) is 10.6 Å². The number of rotatable bonds is 6. The Morgan fingerprint density at radius 2 is 1.92 bits per heavy atom. The van der Waals surface area contributed by atoms with Gasteiger partial charge in [-0.05, 0) is 23.6 Å². The number of benzene rings is 1. The molecule has 1 aromatic heterocycles. The molecule has 0 aliphatic heterocycles. The van der Waals surface area contributed by atoms with Gasteiger partial charge in [0.2, 0.25) is 5.91 Å². The summed E-state index contributed by atoms with van der Waals surface area (Å²) in [6.07, 6.45) is 1.50. The smallest absolute Gasteiger partial charge is 0.273 e. The fourth-order valence-corrected chi connectivity index (χ4v) is 2.38. The molecular weight excluding hydrogens is 338 g/mol. The van der Waals surface area contributed by atoms with Crippen LogP contribution in [0, 0.1) is 10.1 Å². The van der Waals surface area contributed by atoms with E-state index in [4.69, 9.17) is 4.42 Å². The molecule has 0 saturated heterocycles. The molecule has 2 aromatic rings. The lowest BCUT2D eigenvalue weighted by atomic mass is 9.85. The van der Waals surface area contributed by atoms with Crippen molar-refractivity contribution in [3.63, 3.8) is 0 Å². The summed E-state index contributed by atoms with van der Waals surface area (Å²) < 4.78 is 5.09. The Labute approximate surface area is 150 Å². The van der Waals surface area contributed by atoms with E-state index in [0.717, 1.165) is 0 Å². The maximum atomic E-state index is 12.2. The van der Waals surface area contributed by atoms with Crippen molar-refractivity contribution >= 4 is 17.5 Å². The second-order valence-corrected chi connectivity index (χ2v) is 6.78. The predicted octanol–water partition coefficient (Wildman–Crippen LogP) is 2.53. The van der Waals surface area contributed by atoms with Crippen LogP contribution in [0.5, 0.6) is 0 Å². The van der Waals surface area contributed by atoms with Gasteiger partial charge < -0.3 is 15.1 Å². The van der Waals surface area contributed by atoms with E-state index in [9.17, 15) is 19.7 Å². The van der Waals surface area contributed by atoms with E-state index in [-0.39, 0.29) is 24.3 Å². The van der Waals surface area contributed by atoms with Crippen molar-refractivity contribution in [2.75, 3.05) is 6.54 Å². The first-order valence-electron chi connectivity index (χ1n) is 8.04. The van der Waals surface area contributed by atoms with E-state index in [2.05, 4.69) is 10.6 Å². The third-order valence-corrected chi connectivity index (χ3v) is 3.71. The van der Waals surface area contributed by atoms with E-state index in [1.54, 1.807) is 18.2 Å². The van der Waals surface area contributed by atoms with Crippen molar-refractivity contribution in [3.8, 4) is 0 Å². The zero-order valence-corrected chi connectivity index (χ0v) is 14.9. The molecule has 2 amide bonds. The Hall–Kier alpha value is -3.16. The second kappa shape index (κ2) is 7.81. The summed E-state index contributed by atoms with van der Waals surface area (Å²) in [5.74, 6) is -0.352. The van der Waals surface area contributed by atoms with Gasteiger partial charge >= 0.3 is 0 Å². The van der Waals surface area contributed by atoms with Crippen LogP contribution in [0.15, 0.2) is 41.0 Å². The molecule has 0 fully saturated rings. The molecule has 8 heteroatoms. The first kappa shape index (κ1) is 19.2. The SMILES string of the molecule is CC(C)(C)c1ccc(C(=O)NCC(=O)NCc2ccco2)cc1[N+](=O)[O-]. The predicted molar refractivity (Wildman–Crippen MR) is 94.7 cm³/mol. The highest BCUT2D eigenvalue weighted by Gasteiger charge is 2.26. The second-order valence-electron chi connectivity index (χ2n) is 6.78. The van der Waals surface area contributed by atoms with Crippen LogP contribution in [-0.2, 0) is 16.8 Å². The number of amides is 2. The zero-order valence-electron chi connectivity index (χ0n) is 14.9. The molecule has 0 spiro atoms. The molecule has 0 bridgehead atoms. The number of nitrogens with zero attached hydrogens (tertiary/aromatic N) is 1. The van der Waals surface area contributed by atoms with Crippen LogP contribution in [-0.4, -0.2) is 23.3 Å². The van der Waals surface area contributed by atoms with Crippen molar-refractivity contribution in [1.29, 1.82) is 0 Å². The monoisotopic (exact) mass is 359 g/mol. The topological polar surface area (TPSA) is 114 Å². The summed E-state index contributed by atoms with van der Waals surface area (Å²) in [6.45, 7) is 5.55. The molecule has 2 rings (SSSR count). The minimum atomic E-state index is -0.554. The molecule has 1 aromatic carbocycles. The van der Waals surface area contributed by atoms with Crippen LogP contribution in [0.25, 0.3) is 0 Å². The first-order chi connectivity index (χ1) is 12.2. The summed E-state index contributed by atoms with van der Waals surface area (Å²) in [5.41, 5.74) is 0.120. The maximum Gasteiger partial charge on any atom is 0.273 e. The van der Waals surface area contributed by atoms with Crippen LogP contribution >= 0.6 is 0 Å². The number of carbonyl (C=O) groups excluding carboxylic acids is 2. The Morgan fingerprint density at radius 3 is 2.50 bits per heavy atom. The van der Waals surface area contributed by atoms with Crippen molar-refractivity contribution < 1.29 is 18.9 Å². The molecule has 0 aliphatic rings. The van der Waals surface area contributed by atoms with Crippen molar-refractivity contribution in [2.45, 2.75) is 32.7 Å². The fraction of sp³-hybridized carbons (Fsp3) is 0.333. The van der Waals surface area contributed by atoms with Crippen LogP contribution in [0.4, 0.5) is 5.69 Å². The summed E-state index contributed by atoms with van der Waals surface area (Å²) in [7, 11) is 0. The molecule has 0 atom stereocenters. The molecule has 0 aliphatic carbocycles. The largest absolute Gasteiger partial charge is 0.467 e. The van der Waals surface area contributed by atoms with Gasteiger partial charge in [-0.25, -0.2) is 0 Å². The molecular formula is C18H21N3O5. The lowest BCUT2D eigenvalue weighted by Gasteiger charge is -2.19. The minimum absolute atomic E-state index is 0.118. The number of hydrogen-bond acceptors (Lipinski definition) is 5. The Balaban J connectivity index is 1.99. The van der Waals surface area contributed by atoms with Gasteiger partial charge in [0.05, 0.1) is 24.3 Å². The van der Waals surface area contributed by atoms with Crippen LogP contribution < -0.4 is 10.6 Å². The quantitative estimate of drug-likeness (QED) is 0.607. The molecule has 1 heterocycles. The van der Waals surface area contributed by atoms with Gasteiger partial charge in [0.15, 0.2) is 0 Å². The maximum absolute atomic E-state index is 12.2. The van der Waals surface area contributed by atoms with Crippen molar-refractivity contribution in [3.05, 3.63) is 63.6 Å². The highest BCUT2D eigenvalue weighted by atomic mass is 16.6. The minimum Gasteiger partial charge on any atom is -0.467 e. The summed E-state index contributed by atoms with van der Waals surface area (Å²) in [5, 5.41) is 16.4. The molecule has 26 heavy (non-hydrogen) atoms. The number of hydrogen-bond donors (Lipinski definition) is 2. The molecule has 0 unspecified atom stereocenters. The van der Waals surface area contributed by atoms with E-state index >= 15 is 0 Å². The molecule has 0 saturated carbocycles. The van der Waals surface area contributed by atoms with E-state index in [0.29, 0.717) is 11.3 Å². The van der Waals surface area contributed by atoms with Gasteiger partial charge in [-0.3, -0.25) is 19.7 Å². The van der Waals surface area contributed by atoms with Crippen molar-refractivity contribution in [2.24, 2.45) is 0 Å². The Morgan fingerprint density at radius 1 is 1.19 bits per heavy atom. The lowest BCUT2D eigenvalue weighted by molar-refractivity contribution is -0.386. The fourth-order valence-electron chi connectivity index (χ4n) is 2.38. The third-order valence-electron chi connectivity index (χ3n) is 3.71. The molecule has 2 N–H and O–H groups in total. The highest BCUT2D eigenvalue weighted by Crippen LogP contribution is 2.31. The van der Waals surface area contributed by atoms with Gasteiger partial charge in [-0.2, -0.15) is 0 Å².